The smallest absolute Gasteiger partial charge is 0.272 e. The lowest BCUT2D eigenvalue weighted by Gasteiger charge is -2.23. The zero-order valence-electron chi connectivity index (χ0n) is 14.6. The fourth-order valence-corrected chi connectivity index (χ4v) is 6.20. The van der Waals surface area contributed by atoms with Crippen molar-refractivity contribution in [3.8, 4) is 11.5 Å². The molecule has 1 aromatic carbocycles. The second kappa shape index (κ2) is 8.41. The summed E-state index contributed by atoms with van der Waals surface area (Å²) in [5.74, 6) is -1.84. The molecule has 0 spiro atoms. The number of nitrogens with one attached hydrogen (secondary N) is 2. The molecule has 1 aliphatic rings. The summed E-state index contributed by atoms with van der Waals surface area (Å²) in [6.07, 6.45) is 0. The lowest BCUT2D eigenvalue weighted by molar-refractivity contribution is -0.120. The highest BCUT2D eigenvalue weighted by atomic mass is 35.6. The summed E-state index contributed by atoms with van der Waals surface area (Å²) in [5, 5.41) is 2.25. The third-order valence-corrected chi connectivity index (χ3v) is 7.65. The van der Waals surface area contributed by atoms with Crippen LogP contribution < -0.4 is 19.5 Å². The van der Waals surface area contributed by atoms with Crippen molar-refractivity contribution in [3.05, 3.63) is 18.2 Å². The van der Waals surface area contributed by atoms with Crippen LogP contribution >= 0.6 is 34.8 Å². The number of carbonyl (C=O) groups excluding carboxylic acids is 1. The molecule has 1 fully saturated rings. The first-order valence-electron chi connectivity index (χ1n) is 7.61. The normalized spacial score (nSPS) is 21.9. The van der Waals surface area contributed by atoms with Crippen molar-refractivity contribution >= 4 is 60.6 Å². The lowest BCUT2D eigenvalue weighted by atomic mass is 10.2. The minimum atomic E-state index is -4.24. The molecule has 0 aliphatic carbocycles. The highest BCUT2D eigenvalue weighted by molar-refractivity contribution is 7.92. The van der Waals surface area contributed by atoms with Gasteiger partial charge in [0.15, 0.2) is 9.84 Å². The molecule has 0 aromatic heterocycles. The number of hydrogen-bond acceptors (Lipinski definition) is 7. The summed E-state index contributed by atoms with van der Waals surface area (Å²) >= 11 is 16.4. The Hall–Kier alpha value is -0.980. The van der Waals surface area contributed by atoms with Gasteiger partial charge >= 0.3 is 0 Å². The number of methoxy groups -OCH3 is 2. The van der Waals surface area contributed by atoms with Crippen molar-refractivity contribution in [1.29, 1.82) is 0 Å². The van der Waals surface area contributed by atoms with E-state index in [1.807, 2.05) is 0 Å². The van der Waals surface area contributed by atoms with E-state index in [2.05, 4.69) is 10.0 Å². The third kappa shape index (κ3) is 5.55. The van der Waals surface area contributed by atoms with Gasteiger partial charge in [-0.1, -0.05) is 34.8 Å². The van der Waals surface area contributed by atoms with Gasteiger partial charge in [0, 0.05) is 6.07 Å². The molecule has 2 rings (SSSR count). The minimum Gasteiger partial charge on any atom is -0.497 e. The number of amides is 1. The van der Waals surface area contributed by atoms with Gasteiger partial charge in [0.1, 0.15) is 16.4 Å². The number of halogens is 3. The average molecular weight is 496 g/mol. The summed E-state index contributed by atoms with van der Waals surface area (Å²) in [6.45, 7) is 0. The predicted octanol–water partition coefficient (Wildman–Crippen LogP) is 0.634. The molecule has 1 amide bonds. The highest BCUT2D eigenvalue weighted by Crippen LogP contribution is 2.30. The van der Waals surface area contributed by atoms with Crippen LogP contribution in [0.1, 0.15) is 0 Å². The molecule has 1 aliphatic heterocycles. The Morgan fingerprint density at radius 3 is 2.29 bits per heavy atom. The van der Waals surface area contributed by atoms with Crippen molar-refractivity contribution in [2.75, 3.05) is 25.7 Å². The molecule has 9 nitrogen and oxygen atoms in total. The van der Waals surface area contributed by atoms with Gasteiger partial charge in [-0.2, -0.15) is 0 Å². The molecule has 0 unspecified atom stereocenters. The maximum Gasteiger partial charge on any atom is 0.272 e. The van der Waals surface area contributed by atoms with Gasteiger partial charge in [-0.3, -0.25) is 4.79 Å². The predicted molar refractivity (Wildman–Crippen MR) is 105 cm³/mol. The van der Waals surface area contributed by atoms with E-state index >= 15 is 0 Å². The highest BCUT2D eigenvalue weighted by Gasteiger charge is 2.43. The topological polar surface area (TPSA) is 128 Å². The first-order valence-corrected chi connectivity index (χ1v) is 12.1. The van der Waals surface area contributed by atoms with Gasteiger partial charge in [0.05, 0.1) is 37.8 Å². The van der Waals surface area contributed by atoms with E-state index in [1.54, 1.807) is 0 Å². The zero-order valence-corrected chi connectivity index (χ0v) is 18.5. The number of rotatable bonds is 6. The van der Waals surface area contributed by atoms with Crippen LogP contribution in [-0.4, -0.2) is 64.3 Å². The average Bonchev–Trinajstić information content (AvgIpc) is 2.85. The summed E-state index contributed by atoms with van der Waals surface area (Å²) in [6, 6.07) is 1.81. The summed E-state index contributed by atoms with van der Waals surface area (Å²) in [5.41, 5.74) is 0. The maximum absolute atomic E-state index is 12.8. The summed E-state index contributed by atoms with van der Waals surface area (Å²) in [4.78, 5) is 11.6. The molecular formula is C14H17Cl3N2O7S2. The zero-order chi connectivity index (χ0) is 21.3. The van der Waals surface area contributed by atoms with Crippen molar-refractivity contribution in [1.82, 2.24) is 10.0 Å². The fraction of sp³-hybridized carbons (Fsp3) is 0.500. The van der Waals surface area contributed by atoms with Gasteiger partial charge in [-0.05, 0) is 12.1 Å². The van der Waals surface area contributed by atoms with Crippen LogP contribution in [0.25, 0.3) is 0 Å². The molecule has 2 N–H and O–H groups in total. The molecule has 0 bridgehead atoms. The maximum atomic E-state index is 12.8. The van der Waals surface area contributed by atoms with Gasteiger partial charge in [0.25, 0.3) is 9.70 Å². The second-order valence-electron chi connectivity index (χ2n) is 5.90. The van der Waals surface area contributed by atoms with Crippen LogP contribution in [-0.2, 0) is 24.7 Å². The number of hydrogen-bond donors (Lipinski definition) is 2. The quantitative estimate of drug-likeness (QED) is 0.554. The van der Waals surface area contributed by atoms with Gasteiger partial charge in [-0.15, -0.1) is 0 Å². The van der Waals surface area contributed by atoms with Crippen LogP contribution in [0.2, 0.25) is 0 Å². The number of benzene rings is 1. The van der Waals surface area contributed by atoms with Gasteiger partial charge in [0.2, 0.25) is 10.0 Å². The molecule has 2 atom stereocenters. The summed E-state index contributed by atoms with van der Waals surface area (Å²) < 4.78 is 59.7. The van der Waals surface area contributed by atoms with E-state index < -0.39 is 53.1 Å². The van der Waals surface area contributed by atoms with Crippen LogP contribution in [0, 0.1) is 0 Å². The Morgan fingerprint density at radius 2 is 1.75 bits per heavy atom. The number of sulfonamides is 1. The molecule has 1 saturated heterocycles. The number of alkyl halides is 3. The van der Waals surface area contributed by atoms with E-state index in [0.29, 0.717) is 0 Å². The molecule has 28 heavy (non-hydrogen) atoms. The Labute approximate surface area is 177 Å². The standard InChI is InChI=1S/C14H17Cl3N2O7S2/c1-25-8-3-4-11(26-2)12(5-8)28(23,24)19-10-7-27(21,22)6-9(10)18-13(20)14(15,16)17/h3-5,9-10,19H,6-7H2,1-2H3,(H,18,20)/t9-,10-/m0/s1. The van der Waals surface area contributed by atoms with Crippen molar-refractivity contribution in [2.24, 2.45) is 0 Å². The molecule has 1 aromatic rings. The summed E-state index contributed by atoms with van der Waals surface area (Å²) in [7, 11) is -5.25. The second-order valence-corrected chi connectivity index (χ2v) is 12.0. The van der Waals surface area contributed by atoms with Crippen molar-refractivity contribution in [2.45, 2.75) is 20.8 Å². The van der Waals surface area contributed by atoms with E-state index in [0.717, 1.165) is 0 Å². The number of ether oxygens (including phenoxy) is 2. The largest absolute Gasteiger partial charge is 0.497 e. The lowest BCUT2D eigenvalue weighted by Crippen LogP contribution is -2.53. The SMILES string of the molecule is COc1ccc(OC)c(S(=O)(=O)N[C@H]2CS(=O)(=O)C[C@@H]2NC(=O)C(Cl)(Cl)Cl)c1. The van der Waals surface area contributed by atoms with Crippen molar-refractivity contribution in [3.63, 3.8) is 0 Å². The molecule has 0 radical (unpaired) electrons. The molecule has 1 heterocycles. The van der Waals surface area contributed by atoms with Crippen LogP contribution in [0.3, 0.4) is 0 Å². The Morgan fingerprint density at radius 1 is 1.14 bits per heavy atom. The van der Waals surface area contributed by atoms with Crippen LogP contribution in [0.5, 0.6) is 11.5 Å². The first kappa shape index (κ1) is 23.3. The van der Waals surface area contributed by atoms with Gasteiger partial charge < -0.3 is 14.8 Å². The van der Waals surface area contributed by atoms with E-state index in [1.165, 1.54) is 32.4 Å². The van der Waals surface area contributed by atoms with Crippen molar-refractivity contribution < 1.29 is 31.1 Å². The van der Waals surface area contributed by atoms with E-state index in [4.69, 9.17) is 44.3 Å². The number of carbonyl (C=O) groups is 1. The number of sulfone groups is 1. The third-order valence-electron chi connectivity index (χ3n) is 3.89. The molecule has 14 heteroatoms. The molecule has 0 saturated carbocycles. The Kier molecular flexibility index (Phi) is 6.99. The molecule has 158 valence electrons. The van der Waals surface area contributed by atoms with Crippen LogP contribution in [0.15, 0.2) is 23.1 Å². The molecular weight excluding hydrogens is 479 g/mol. The monoisotopic (exact) mass is 494 g/mol. The Balaban J connectivity index is 2.34. The minimum absolute atomic E-state index is 0.0241. The first-order chi connectivity index (χ1) is 12.8. The van der Waals surface area contributed by atoms with Gasteiger partial charge in [-0.25, -0.2) is 21.6 Å². The van der Waals surface area contributed by atoms with E-state index in [9.17, 15) is 21.6 Å². The van der Waals surface area contributed by atoms with Crippen LogP contribution in [0.4, 0.5) is 0 Å². The van der Waals surface area contributed by atoms with E-state index in [-0.39, 0.29) is 16.4 Å². The Bertz CT molecular complexity index is 962. The fourth-order valence-electron chi connectivity index (χ4n) is 2.61.